The molecule has 0 fully saturated rings. The van der Waals surface area contributed by atoms with Crippen LogP contribution in [-0.4, -0.2) is 39.1 Å². The first-order chi connectivity index (χ1) is 7.06. The largest absolute Gasteiger partial charge is 0.480 e. The molecule has 2 N–H and O–H groups in total. The number of hydrogen-bond acceptors (Lipinski definition) is 4. The van der Waals surface area contributed by atoms with Crippen molar-refractivity contribution in [1.29, 1.82) is 0 Å². The first kappa shape index (κ1) is 14.7. The molecule has 1 amide bonds. The Kier molecular flexibility index (Phi) is 4.74. The number of rotatable bonds is 3. The Bertz CT molecular complexity index is 269. The predicted molar refractivity (Wildman–Crippen MR) is 56.1 cm³/mol. The van der Waals surface area contributed by atoms with Gasteiger partial charge in [-0.2, -0.15) is 5.06 Å². The maximum atomic E-state index is 11.4. The van der Waals surface area contributed by atoms with E-state index in [1.807, 2.05) is 0 Å². The zero-order chi connectivity index (χ0) is 13.1. The molecule has 94 valence electrons. The van der Waals surface area contributed by atoms with Crippen LogP contribution in [0.1, 0.15) is 34.6 Å². The Morgan fingerprint density at radius 1 is 1.25 bits per heavy atom. The SMILES string of the molecule is CC(C)[C@@H](C(=O)O)N(O)C(=O)OC(C)(C)C. The highest BCUT2D eigenvalue weighted by Crippen LogP contribution is 2.14. The van der Waals surface area contributed by atoms with Gasteiger partial charge in [-0.25, -0.2) is 9.59 Å². The molecule has 0 aliphatic carbocycles. The minimum atomic E-state index is -1.31. The van der Waals surface area contributed by atoms with E-state index in [0.29, 0.717) is 0 Å². The van der Waals surface area contributed by atoms with Gasteiger partial charge in [0.15, 0.2) is 6.04 Å². The van der Waals surface area contributed by atoms with Crippen molar-refractivity contribution in [3.05, 3.63) is 0 Å². The molecular formula is C10H19NO5. The van der Waals surface area contributed by atoms with Crippen LogP contribution in [-0.2, 0) is 9.53 Å². The Morgan fingerprint density at radius 3 is 1.94 bits per heavy atom. The molecule has 16 heavy (non-hydrogen) atoms. The number of carbonyl (C=O) groups excluding carboxylic acids is 1. The number of ether oxygens (including phenoxy) is 1. The van der Waals surface area contributed by atoms with Gasteiger partial charge in [0, 0.05) is 0 Å². The van der Waals surface area contributed by atoms with Gasteiger partial charge in [-0.3, -0.25) is 5.21 Å². The lowest BCUT2D eigenvalue weighted by atomic mass is 10.1. The number of hydrogen-bond donors (Lipinski definition) is 2. The summed E-state index contributed by atoms with van der Waals surface area (Å²) in [6.45, 7) is 8.07. The average molecular weight is 233 g/mol. The standard InChI is InChI=1S/C10H19NO5/c1-6(2)7(8(12)13)11(15)9(14)16-10(3,4)5/h6-7,15H,1-5H3,(H,12,13)/t7-/m0/s1. The molecule has 0 aromatic carbocycles. The number of carboxylic acids is 1. The van der Waals surface area contributed by atoms with Crippen molar-refractivity contribution >= 4 is 12.1 Å². The molecule has 0 aromatic heterocycles. The summed E-state index contributed by atoms with van der Waals surface area (Å²) < 4.78 is 4.85. The topological polar surface area (TPSA) is 87.1 Å². The summed E-state index contributed by atoms with van der Waals surface area (Å²) in [7, 11) is 0. The molecule has 0 radical (unpaired) electrons. The van der Waals surface area contributed by atoms with Gasteiger partial charge >= 0.3 is 12.1 Å². The molecule has 0 aromatic rings. The Hall–Kier alpha value is -1.30. The molecule has 0 aliphatic rings. The third kappa shape index (κ3) is 4.48. The lowest BCUT2D eigenvalue weighted by molar-refractivity contribution is -0.169. The minimum absolute atomic E-state index is 0.123. The summed E-state index contributed by atoms with van der Waals surface area (Å²) in [4.78, 5) is 22.2. The van der Waals surface area contributed by atoms with Gasteiger partial charge in [-0.05, 0) is 26.7 Å². The van der Waals surface area contributed by atoms with E-state index < -0.39 is 29.6 Å². The number of amides is 1. The molecule has 0 saturated carbocycles. The Balaban J connectivity index is 4.69. The van der Waals surface area contributed by atoms with Crippen LogP contribution in [0.4, 0.5) is 4.79 Å². The first-order valence-electron chi connectivity index (χ1n) is 5.00. The highest BCUT2D eigenvalue weighted by molar-refractivity contribution is 5.79. The number of carbonyl (C=O) groups is 2. The molecule has 6 heteroatoms. The van der Waals surface area contributed by atoms with Crippen LogP contribution in [0, 0.1) is 5.92 Å². The quantitative estimate of drug-likeness (QED) is 0.572. The molecule has 0 rings (SSSR count). The van der Waals surface area contributed by atoms with E-state index in [-0.39, 0.29) is 5.06 Å². The molecule has 6 nitrogen and oxygen atoms in total. The molecule has 0 aliphatic heterocycles. The fraction of sp³-hybridized carbons (Fsp3) is 0.800. The summed E-state index contributed by atoms with van der Waals surface area (Å²) in [5.41, 5.74) is -0.780. The second-order valence-electron chi connectivity index (χ2n) is 4.85. The van der Waals surface area contributed by atoms with Crippen molar-refractivity contribution < 1.29 is 24.6 Å². The zero-order valence-corrected chi connectivity index (χ0v) is 10.2. The van der Waals surface area contributed by atoms with Crippen molar-refractivity contribution in [3.63, 3.8) is 0 Å². The summed E-state index contributed by atoms with van der Waals surface area (Å²) >= 11 is 0. The fourth-order valence-electron chi connectivity index (χ4n) is 1.09. The fourth-order valence-corrected chi connectivity index (χ4v) is 1.09. The third-order valence-electron chi connectivity index (χ3n) is 1.73. The van der Waals surface area contributed by atoms with Crippen LogP contribution in [0.3, 0.4) is 0 Å². The van der Waals surface area contributed by atoms with E-state index in [1.54, 1.807) is 34.6 Å². The van der Waals surface area contributed by atoms with Crippen molar-refractivity contribution in [2.24, 2.45) is 5.92 Å². The molecule has 0 bridgehead atoms. The van der Waals surface area contributed by atoms with E-state index in [1.165, 1.54) is 0 Å². The average Bonchev–Trinajstić information content (AvgIpc) is 1.98. The second kappa shape index (κ2) is 5.16. The van der Waals surface area contributed by atoms with Gasteiger partial charge in [-0.15, -0.1) is 0 Å². The normalized spacial score (nSPS) is 13.4. The van der Waals surface area contributed by atoms with Gasteiger partial charge in [0.25, 0.3) is 0 Å². The van der Waals surface area contributed by atoms with Crippen molar-refractivity contribution in [2.45, 2.75) is 46.3 Å². The monoisotopic (exact) mass is 233 g/mol. The number of hydroxylamine groups is 2. The molecule has 0 heterocycles. The molecule has 0 saturated heterocycles. The lowest BCUT2D eigenvalue weighted by Crippen LogP contribution is -2.47. The van der Waals surface area contributed by atoms with E-state index in [2.05, 4.69) is 0 Å². The van der Waals surface area contributed by atoms with Crippen LogP contribution in [0.15, 0.2) is 0 Å². The molecule has 0 spiro atoms. The summed E-state index contributed by atoms with van der Waals surface area (Å²) in [5, 5.41) is 18.4. The van der Waals surface area contributed by atoms with E-state index >= 15 is 0 Å². The van der Waals surface area contributed by atoms with Crippen LogP contribution in [0.2, 0.25) is 0 Å². The van der Waals surface area contributed by atoms with E-state index in [4.69, 9.17) is 9.84 Å². The van der Waals surface area contributed by atoms with Gasteiger partial charge in [-0.1, -0.05) is 13.8 Å². The number of nitrogens with zero attached hydrogens (tertiary/aromatic N) is 1. The number of aliphatic carboxylic acids is 1. The molecule has 1 atom stereocenters. The minimum Gasteiger partial charge on any atom is -0.480 e. The van der Waals surface area contributed by atoms with Crippen molar-refractivity contribution in [2.75, 3.05) is 0 Å². The Morgan fingerprint density at radius 2 is 1.69 bits per heavy atom. The summed E-state index contributed by atoms with van der Waals surface area (Å²) in [6.07, 6.45) is -1.06. The zero-order valence-electron chi connectivity index (χ0n) is 10.2. The van der Waals surface area contributed by atoms with Gasteiger partial charge in [0.05, 0.1) is 0 Å². The van der Waals surface area contributed by atoms with Crippen LogP contribution < -0.4 is 0 Å². The van der Waals surface area contributed by atoms with Crippen LogP contribution in [0.5, 0.6) is 0 Å². The summed E-state index contributed by atoms with van der Waals surface area (Å²) in [5.74, 6) is -1.70. The van der Waals surface area contributed by atoms with Gasteiger partial charge in [0.2, 0.25) is 0 Å². The van der Waals surface area contributed by atoms with Gasteiger partial charge in [0.1, 0.15) is 5.60 Å². The second-order valence-corrected chi connectivity index (χ2v) is 4.85. The first-order valence-corrected chi connectivity index (χ1v) is 5.00. The van der Waals surface area contributed by atoms with Crippen LogP contribution >= 0.6 is 0 Å². The van der Waals surface area contributed by atoms with Gasteiger partial charge < -0.3 is 9.84 Å². The smallest absolute Gasteiger partial charge is 0.435 e. The van der Waals surface area contributed by atoms with Crippen LogP contribution in [0.25, 0.3) is 0 Å². The summed E-state index contributed by atoms with van der Waals surface area (Å²) in [6, 6.07) is -1.31. The lowest BCUT2D eigenvalue weighted by Gasteiger charge is -2.28. The van der Waals surface area contributed by atoms with E-state index in [0.717, 1.165) is 0 Å². The van der Waals surface area contributed by atoms with Crippen molar-refractivity contribution in [3.8, 4) is 0 Å². The molecular weight excluding hydrogens is 214 g/mol. The van der Waals surface area contributed by atoms with E-state index in [9.17, 15) is 14.8 Å². The van der Waals surface area contributed by atoms with Crippen molar-refractivity contribution in [1.82, 2.24) is 5.06 Å². The third-order valence-corrected chi connectivity index (χ3v) is 1.73. The highest BCUT2D eigenvalue weighted by Gasteiger charge is 2.34. The highest BCUT2D eigenvalue weighted by atomic mass is 16.6. The molecule has 0 unspecified atom stereocenters. The maximum absolute atomic E-state index is 11.4. The number of carboxylic acid groups (broad SMARTS) is 1. The Labute approximate surface area is 94.8 Å². The maximum Gasteiger partial charge on any atom is 0.435 e. The predicted octanol–water partition coefficient (Wildman–Crippen LogP) is 1.72.